The standard InChI is InChI=1S/C24H31FN2O5S2/c1-16-15-17(2)19(4)24(18(16)3)34(31,32)26-12-9-23(28)27-13-10-22(11-14-27)33(29,30)21-7-5-20(25)6-8-21/h5-8,15,22,26H,9-14H2,1-4H3. The van der Waals surface area contributed by atoms with E-state index in [1.165, 1.54) is 12.1 Å². The fourth-order valence-electron chi connectivity index (χ4n) is 4.34. The molecule has 10 heteroatoms. The Hall–Kier alpha value is -2.30. The predicted molar refractivity (Wildman–Crippen MR) is 128 cm³/mol. The lowest BCUT2D eigenvalue weighted by atomic mass is 10.0. The van der Waals surface area contributed by atoms with Gasteiger partial charge in [0, 0.05) is 26.1 Å². The second-order valence-corrected chi connectivity index (χ2v) is 12.7. The molecule has 3 rings (SSSR count). The summed E-state index contributed by atoms with van der Waals surface area (Å²) in [6, 6.07) is 6.70. The zero-order chi connectivity index (χ0) is 25.3. The van der Waals surface area contributed by atoms with E-state index in [4.69, 9.17) is 0 Å². The second kappa shape index (κ2) is 10.1. The van der Waals surface area contributed by atoms with Crippen molar-refractivity contribution in [2.75, 3.05) is 19.6 Å². The molecule has 1 N–H and O–H groups in total. The molecule has 1 saturated heterocycles. The predicted octanol–water partition coefficient (Wildman–Crippen LogP) is 3.19. The topological polar surface area (TPSA) is 101 Å². The van der Waals surface area contributed by atoms with E-state index in [0.717, 1.165) is 23.3 Å². The summed E-state index contributed by atoms with van der Waals surface area (Å²) in [6.07, 6.45) is 0.535. The first-order valence-corrected chi connectivity index (χ1v) is 14.2. The number of rotatable bonds is 7. The highest BCUT2D eigenvalue weighted by Gasteiger charge is 2.32. The monoisotopic (exact) mass is 510 g/mol. The van der Waals surface area contributed by atoms with Crippen molar-refractivity contribution in [2.24, 2.45) is 0 Å². The maximum absolute atomic E-state index is 13.1. The van der Waals surface area contributed by atoms with Crippen LogP contribution in [0, 0.1) is 33.5 Å². The second-order valence-electron chi connectivity index (χ2n) is 8.82. The van der Waals surface area contributed by atoms with Gasteiger partial charge in [0.05, 0.1) is 15.0 Å². The van der Waals surface area contributed by atoms with Gasteiger partial charge in [0.2, 0.25) is 15.9 Å². The van der Waals surface area contributed by atoms with Crippen LogP contribution in [0.15, 0.2) is 40.1 Å². The molecule has 2 aromatic rings. The number of likely N-dealkylation sites (tertiary alicyclic amines) is 1. The van der Waals surface area contributed by atoms with Crippen LogP contribution in [-0.2, 0) is 24.7 Å². The number of carbonyl (C=O) groups excluding carboxylic acids is 1. The summed E-state index contributed by atoms with van der Waals surface area (Å²) in [5, 5.41) is -0.643. The van der Waals surface area contributed by atoms with Gasteiger partial charge in [0.15, 0.2) is 9.84 Å². The smallest absolute Gasteiger partial charge is 0.241 e. The zero-order valence-corrected chi connectivity index (χ0v) is 21.5. The van der Waals surface area contributed by atoms with E-state index in [1.807, 2.05) is 19.9 Å². The van der Waals surface area contributed by atoms with Crippen molar-refractivity contribution in [2.45, 2.75) is 62.0 Å². The molecule has 1 heterocycles. The molecule has 0 radical (unpaired) electrons. The minimum Gasteiger partial charge on any atom is -0.343 e. The van der Waals surface area contributed by atoms with E-state index in [2.05, 4.69) is 4.72 Å². The van der Waals surface area contributed by atoms with Gasteiger partial charge in [0.25, 0.3) is 0 Å². The van der Waals surface area contributed by atoms with Crippen LogP contribution in [0.4, 0.5) is 4.39 Å². The molecule has 0 bridgehead atoms. The van der Waals surface area contributed by atoms with Gasteiger partial charge >= 0.3 is 0 Å². The number of piperidine rings is 1. The first-order chi connectivity index (χ1) is 15.8. The average Bonchev–Trinajstić information content (AvgIpc) is 2.78. The van der Waals surface area contributed by atoms with Gasteiger partial charge in [0.1, 0.15) is 5.82 Å². The largest absolute Gasteiger partial charge is 0.343 e. The van der Waals surface area contributed by atoms with E-state index >= 15 is 0 Å². The summed E-state index contributed by atoms with van der Waals surface area (Å²) >= 11 is 0. The van der Waals surface area contributed by atoms with Gasteiger partial charge in [-0.15, -0.1) is 0 Å². The summed E-state index contributed by atoms with van der Waals surface area (Å²) in [7, 11) is -7.39. The van der Waals surface area contributed by atoms with Crippen LogP contribution in [-0.4, -0.2) is 52.5 Å². The Morgan fingerprint density at radius 1 is 0.971 bits per heavy atom. The lowest BCUT2D eigenvalue weighted by Crippen LogP contribution is -2.43. The summed E-state index contributed by atoms with van der Waals surface area (Å²) < 4.78 is 67.1. The highest BCUT2D eigenvalue weighted by Crippen LogP contribution is 2.27. The fraction of sp³-hybridized carbons (Fsp3) is 0.458. The number of carbonyl (C=O) groups is 1. The minimum atomic E-state index is -3.78. The van der Waals surface area contributed by atoms with Crippen molar-refractivity contribution in [3.8, 4) is 0 Å². The molecule has 0 aromatic heterocycles. The highest BCUT2D eigenvalue weighted by molar-refractivity contribution is 7.92. The molecule has 34 heavy (non-hydrogen) atoms. The van der Waals surface area contributed by atoms with Gasteiger partial charge in [-0.1, -0.05) is 6.07 Å². The summed E-state index contributed by atoms with van der Waals surface area (Å²) in [5.74, 6) is -0.730. The third-order valence-electron chi connectivity index (χ3n) is 6.57. The molecular weight excluding hydrogens is 479 g/mol. The molecule has 0 saturated carbocycles. The Bertz CT molecular complexity index is 1260. The molecule has 0 atom stereocenters. The third kappa shape index (κ3) is 5.50. The maximum atomic E-state index is 13.1. The number of aryl methyl sites for hydroxylation is 2. The molecule has 2 aromatic carbocycles. The fourth-order valence-corrected chi connectivity index (χ4v) is 7.71. The zero-order valence-electron chi connectivity index (χ0n) is 19.9. The Labute approximate surface area is 201 Å². The van der Waals surface area contributed by atoms with Gasteiger partial charge in [-0.3, -0.25) is 4.79 Å². The van der Waals surface area contributed by atoms with Crippen LogP contribution in [0.5, 0.6) is 0 Å². The molecule has 1 aliphatic rings. The Kier molecular flexibility index (Phi) is 7.84. The van der Waals surface area contributed by atoms with Gasteiger partial charge in [-0.05, 0) is 87.1 Å². The number of sulfonamides is 1. The van der Waals surface area contributed by atoms with Crippen molar-refractivity contribution in [3.63, 3.8) is 0 Å². The highest BCUT2D eigenvalue weighted by atomic mass is 32.2. The van der Waals surface area contributed by atoms with Crippen molar-refractivity contribution < 1.29 is 26.0 Å². The number of benzene rings is 2. The molecule has 1 amide bonds. The number of hydrogen-bond donors (Lipinski definition) is 1. The molecule has 1 fully saturated rings. The Balaban J connectivity index is 1.57. The molecule has 7 nitrogen and oxygen atoms in total. The van der Waals surface area contributed by atoms with Crippen molar-refractivity contribution in [1.29, 1.82) is 0 Å². The summed E-state index contributed by atoms with van der Waals surface area (Å²) in [5.41, 5.74) is 3.15. The Morgan fingerprint density at radius 3 is 2.03 bits per heavy atom. The van der Waals surface area contributed by atoms with Crippen molar-refractivity contribution in [3.05, 3.63) is 58.4 Å². The summed E-state index contributed by atoms with van der Waals surface area (Å²) in [6.45, 7) is 7.77. The van der Waals surface area contributed by atoms with Crippen molar-refractivity contribution >= 4 is 25.8 Å². The first-order valence-electron chi connectivity index (χ1n) is 11.2. The molecule has 0 aliphatic carbocycles. The molecule has 1 aliphatic heterocycles. The number of halogens is 1. The van der Waals surface area contributed by atoms with E-state index in [9.17, 15) is 26.0 Å². The SMILES string of the molecule is Cc1cc(C)c(C)c(S(=O)(=O)NCCC(=O)N2CCC(S(=O)(=O)c3ccc(F)cc3)CC2)c1C. The van der Waals surface area contributed by atoms with Gasteiger partial charge in [-0.25, -0.2) is 25.9 Å². The lowest BCUT2D eigenvalue weighted by molar-refractivity contribution is -0.131. The molecule has 0 spiro atoms. The van der Waals surface area contributed by atoms with Crippen LogP contribution in [0.25, 0.3) is 0 Å². The molecule has 0 unspecified atom stereocenters. The maximum Gasteiger partial charge on any atom is 0.241 e. The van der Waals surface area contributed by atoms with Crippen LogP contribution in [0.1, 0.15) is 41.5 Å². The minimum absolute atomic E-state index is 0.0164. The number of hydrogen-bond acceptors (Lipinski definition) is 5. The lowest BCUT2D eigenvalue weighted by Gasteiger charge is -2.32. The quantitative estimate of drug-likeness (QED) is 0.577. The summed E-state index contributed by atoms with van der Waals surface area (Å²) in [4.78, 5) is 14.5. The molecule has 186 valence electrons. The average molecular weight is 511 g/mol. The van der Waals surface area contributed by atoms with E-state index in [1.54, 1.807) is 18.7 Å². The molecular formula is C24H31FN2O5S2. The van der Waals surface area contributed by atoms with E-state index in [-0.39, 0.29) is 54.6 Å². The van der Waals surface area contributed by atoms with Crippen LogP contribution in [0.2, 0.25) is 0 Å². The van der Waals surface area contributed by atoms with Gasteiger partial charge in [-0.2, -0.15) is 0 Å². The first kappa shape index (κ1) is 26.3. The van der Waals surface area contributed by atoms with E-state index in [0.29, 0.717) is 11.1 Å². The number of nitrogens with zero attached hydrogens (tertiary/aromatic N) is 1. The van der Waals surface area contributed by atoms with Crippen molar-refractivity contribution in [1.82, 2.24) is 9.62 Å². The third-order valence-corrected chi connectivity index (χ3v) is 10.6. The number of nitrogens with one attached hydrogen (secondary N) is 1. The van der Waals surface area contributed by atoms with Crippen LogP contribution < -0.4 is 4.72 Å². The van der Waals surface area contributed by atoms with E-state index < -0.39 is 30.9 Å². The Morgan fingerprint density at radius 2 is 1.50 bits per heavy atom. The van der Waals surface area contributed by atoms with Gasteiger partial charge < -0.3 is 4.90 Å². The number of amides is 1. The van der Waals surface area contributed by atoms with Crippen LogP contribution >= 0.6 is 0 Å². The number of sulfone groups is 1. The van der Waals surface area contributed by atoms with Crippen LogP contribution in [0.3, 0.4) is 0 Å². The normalized spacial score (nSPS) is 15.5.